The fourth-order valence-electron chi connectivity index (χ4n) is 3.10. The molecule has 26 heavy (non-hydrogen) atoms. The van der Waals surface area contributed by atoms with Crippen LogP contribution in [0.5, 0.6) is 5.75 Å². The highest BCUT2D eigenvalue weighted by atomic mass is 16.5. The van der Waals surface area contributed by atoms with Crippen LogP contribution < -0.4 is 10.1 Å². The maximum Gasteiger partial charge on any atom is 0.261 e. The molecule has 1 aliphatic heterocycles. The van der Waals surface area contributed by atoms with Gasteiger partial charge in [-0.15, -0.1) is 0 Å². The van der Waals surface area contributed by atoms with E-state index in [-0.39, 0.29) is 18.4 Å². The van der Waals surface area contributed by atoms with Gasteiger partial charge in [-0.05, 0) is 18.1 Å². The Morgan fingerprint density at radius 1 is 1.15 bits per heavy atom. The molecule has 2 amide bonds. The third-order valence-electron chi connectivity index (χ3n) is 4.47. The zero-order valence-corrected chi connectivity index (χ0v) is 15.0. The molecule has 0 radical (unpaired) electrons. The van der Waals surface area contributed by atoms with Gasteiger partial charge in [0, 0.05) is 18.7 Å². The number of para-hydroxylation sites is 1. The molecule has 1 unspecified atom stereocenters. The summed E-state index contributed by atoms with van der Waals surface area (Å²) in [6.07, 6.45) is 1.90. The summed E-state index contributed by atoms with van der Waals surface area (Å²) in [6, 6.07) is 16.4. The third-order valence-corrected chi connectivity index (χ3v) is 4.47. The Hall–Kier alpha value is -2.82. The molecule has 0 fully saturated rings. The number of nitrogens with zero attached hydrogens (tertiary/aromatic N) is 1. The first-order valence-corrected chi connectivity index (χ1v) is 9.03. The van der Waals surface area contributed by atoms with Crippen LogP contribution in [0.25, 0.3) is 0 Å². The van der Waals surface area contributed by atoms with Crippen LogP contribution in [0, 0.1) is 0 Å². The summed E-state index contributed by atoms with van der Waals surface area (Å²) in [7, 11) is 0. The van der Waals surface area contributed by atoms with Gasteiger partial charge < -0.3 is 15.0 Å². The minimum absolute atomic E-state index is 0.0669. The Labute approximate surface area is 154 Å². The zero-order chi connectivity index (χ0) is 18.4. The molecule has 1 heterocycles. The largest absolute Gasteiger partial charge is 0.483 e. The number of benzene rings is 2. The average molecular weight is 352 g/mol. The van der Waals surface area contributed by atoms with Crippen LogP contribution in [0.15, 0.2) is 54.6 Å². The average Bonchev–Trinajstić information content (AvgIpc) is 2.80. The van der Waals surface area contributed by atoms with E-state index in [2.05, 4.69) is 12.2 Å². The van der Waals surface area contributed by atoms with Crippen molar-refractivity contribution >= 4 is 11.8 Å². The van der Waals surface area contributed by atoms with E-state index in [0.717, 1.165) is 24.0 Å². The van der Waals surface area contributed by atoms with Gasteiger partial charge in [-0.2, -0.15) is 0 Å². The fourth-order valence-corrected chi connectivity index (χ4v) is 3.10. The number of amides is 2. The molecule has 1 N–H and O–H groups in total. The van der Waals surface area contributed by atoms with Crippen molar-refractivity contribution in [2.75, 3.05) is 13.2 Å². The molecule has 0 spiro atoms. The van der Waals surface area contributed by atoms with Crippen LogP contribution in [-0.2, 0) is 16.1 Å². The number of ether oxygens (including phenoxy) is 1. The van der Waals surface area contributed by atoms with Crippen molar-refractivity contribution in [2.45, 2.75) is 32.4 Å². The minimum Gasteiger partial charge on any atom is -0.483 e. The smallest absolute Gasteiger partial charge is 0.261 e. The van der Waals surface area contributed by atoms with Crippen molar-refractivity contribution in [1.29, 1.82) is 0 Å². The highest BCUT2D eigenvalue weighted by Gasteiger charge is 2.35. The number of rotatable bonds is 6. The predicted molar refractivity (Wildman–Crippen MR) is 99.6 cm³/mol. The topological polar surface area (TPSA) is 58.6 Å². The normalized spacial score (nSPS) is 16.4. The Morgan fingerprint density at radius 2 is 1.88 bits per heavy atom. The molecule has 5 heteroatoms. The van der Waals surface area contributed by atoms with Crippen molar-refractivity contribution in [1.82, 2.24) is 10.2 Å². The zero-order valence-electron chi connectivity index (χ0n) is 15.0. The maximum absolute atomic E-state index is 13.0. The molecule has 2 aromatic carbocycles. The van der Waals surface area contributed by atoms with Gasteiger partial charge in [-0.1, -0.05) is 61.9 Å². The lowest BCUT2D eigenvalue weighted by Crippen LogP contribution is -2.43. The summed E-state index contributed by atoms with van der Waals surface area (Å²) in [5.41, 5.74) is 1.70. The number of hydrogen-bond acceptors (Lipinski definition) is 3. The summed E-state index contributed by atoms with van der Waals surface area (Å²) < 4.78 is 5.66. The standard InChI is InChI=1S/C21H24N2O3/c1-2-3-13-22-21(25)20-17-11-7-8-12-18(17)26-15-19(24)23(20)14-16-9-5-4-6-10-16/h4-12,20H,2-3,13-15H2,1H3,(H,22,25). The van der Waals surface area contributed by atoms with Gasteiger partial charge in [0.05, 0.1) is 0 Å². The molecule has 1 atom stereocenters. The molecule has 0 bridgehead atoms. The number of nitrogens with one attached hydrogen (secondary N) is 1. The molecule has 5 nitrogen and oxygen atoms in total. The second-order valence-electron chi connectivity index (χ2n) is 6.38. The van der Waals surface area contributed by atoms with E-state index < -0.39 is 6.04 Å². The summed E-state index contributed by atoms with van der Waals surface area (Å²) in [4.78, 5) is 27.3. The van der Waals surface area contributed by atoms with E-state index >= 15 is 0 Å². The van der Waals surface area contributed by atoms with Crippen LogP contribution in [-0.4, -0.2) is 29.9 Å². The number of hydrogen-bond donors (Lipinski definition) is 1. The Bertz CT molecular complexity index is 761. The summed E-state index contributed by atoms with van der Waals surface area (Å²) in [5.74, 6) is 0.230. The molecule has 0 saturated carbocycles. The van der Waals surface area contributed by atoms with Crippen LogP contribution in [0.3, 0.4) is 0 Å². The van der Waals surface area contributed by atoms with Crippen LogP contribution >= 0.6 is 0 Å². The first-order valence-electron chi connectivity index (χ1n) is 9.03. The van der Waals surface area contributed by atoms with Gasteiger partial charge in [0.1, 0.15) is 11.8 Å². The molecule has 3 rings (SSSR count). The Kier molecular flexibility index (Phi) is 5.89. The SMILES string of the molecule is CCCCNC(=O)C1c2ccccc2OCC(=O)N1Cc1ccccc1. The molecule has 0 aliphatic carbocycles. The van der Waals surface area contributed by atoms with Gasteiger partial charge in [-0.3, -0.25) is 9.59 Å². The first-order chi connectivity index (χ1) is 12.7. The lowest BCUT2D eigenvalue weighted by molar-refractivity contribution is -0.142. The quantitative estimate of drug-likeness (QED) is 0.813. The molecule has 2 aromatic rings. The molecule has 136 valence electrons. The first kappa shape index (κ1) is 18.0. The maximum atomic E-state index is 13.0. The predicted octanol–water partition coefficient (Wildman–Crippen LogP) is 3.07. The second-order valence-corrected chi connectivity index (χ2v) is 6.38. The van der Waals surface area contributed by atoms with E-state index in [1.807, 2.05) is 48.5 Å². The Balaban J connectivity index is 1.94. The summed E-state index contributed by atoms with van der Waals surface area (Å²) >= 11 is 0. The van der Waals surface area contributed by atoms with E-state index in [4.69, 9.17) is 4.74 Å². The van der Waals surface area contributed by atoms with Crippen molar-refractivity contribution < 1.29 is 14.3 Å². The summed E-state index contributed by atoms with van der Waals surface area (Å²) in [6.45, 7) is 2.97. The Morgan fingerprint density at radius 3 is 2.65 bits per heavy atom. The van der Waals surface area contributed by atoms with Crippen molar-refractivity contribution in [3.63, 3.8) is 0 Å². The summed E-state index contributed by atoms with van der Waals surface area (Å²) in [5, 5.41) is 2.97. The molecule has 0 aromatic heterocycles. The molecule has 0 saturated heterocycles. The highest BCUT2D eigenvalue weighted by Crippen LogP contribution is 2.33. The lowest BCUT2D eigenvalue weighted by atomic mass is 10.0. The van der Waals surface area contributed by atoms with Gasteiger partial charge in [0.15, 0.2) is 6.61 Å². The van der Waals surface area contributed by atoms with E-state index in [1.165, 1.54) is 0 Å². The van der Waals surface area contributed by atoms with E-state index in [1.54, 1.807) is 11.0 Å². The second kappa shape index (κ2) is 8.52. The van der Waals surface area contributed by atoms with E-state index in [0.29, 0.717) is 18.8 Å². The highest BCUT2D eigenvalue weighted by molar-refractivity contribution is 5.90. The van der Waals surface area contributed by atoms with Crippen molar-refractivity contribution in [2.24, 2.45) is 0 Å². The lowest BCUT2D eigenvalue weighted by Gasteiger charge is -2.29. The van der Waals surface area contributed by atoms with Crippen LogP contribution in [0.2, 0.25) is 0 Å². The van der Waals surface area contributed by atoms with Gasteiger partial charge >= 0.3 is 0 Å². The van der Waals surface area contributed by atoms with Crippen LogP contribution in [0.4, 0.5) is 0 Å². The van der Waals surface area contributed by atoms with Crippen LogP contribution in [0.1, 0.15) is 36.9 Å². The fraction of sp³-hybridized carbons (Fsp3) is 0.333. The van der Waals surface area contributed by atoms with Gasteiger partial charge in [-0.25, -0.2) is 0 Å². The van der Waals surface area contributed by atoms with Gasteiger partial charge in [0.2, 0.25) is 5.91 Å². The number of carbonyl (C=O) groups is 2. The van der Waals surface area contributed by atoms with Crippen molar-refractivity contribution in [3.05, 3.63) is 65.7 Å². The van der Waals surface area contributed by atoms with E-state index in [9.17, 15) is 9.59 Å². The number of unbranched alkanes of at least 4 members (excludes halogenated alkanes) is 1. The number of fused-ring (bicyclic) bond motifs is 1. The van der Waals surface area contributed by atoms with Crippen molar-refractivity contribution in [3.8, 4) is 5.75 Å². The number of carbonyl (C=O) groups excluding carboxylic acids is 2. The minimum atomic E-state index is -0.696. The monoisotopic (exact) mass is 352 g/mol. The third kappa shape index (κ3) is 4.04. The molecular formula is C21H24N2O3. The van der Waals surface area contributed by atoms with Gasteiger partial charge in [0.25, 0.3) is 5.91 Å². The molecule has 1 aliphatic rings. The molecular weight excluding hydrogens is 328 g/mol.